The van der Waals surface area contributed by atoms with Crippen molar-refractivity contribution in [2.24, 2.45) is 5.73 Å². The molecule has 2 rings (SSSR count). The molecule has 3 N–H and O–H groups in total. The second-order valence-corrected chi connectivity index (χ2v) is 4.16. The molecule has 2 heterocycles. The predicted octanol–water partition coefficient (Wildman–Crippen LogP) is 1.13. The normalized spacial score (nSPS) is 9.95. The van der Waals surface area contributed by atoms with Gasteiger partial charge in [0.2, 0.25) is 5.88 Å². The van der Waals surface area contributed by atoms with Crippen molar-refractivity contribution in [3.63, 3.8) is 0 Å². The lowest BCUT2D eigenvalue weighted by Gasteiger charge is -2.09. The molecule has 0 amide bonds. The number of methoxy groups -OCH3 is 1. The number of hydrogen-bond donors (Lipinski definition) is 2. The van der Waals surface area contributed by atoms with Crippen molar-refractivity contribution in [1.29, 1.82) is 0 Å². The summed E-state index contributed by atoms with van der Waals surface area (Å²) in [6.45, 7) is 0.549. The van der Waals surface area contributed by atoms with Gasteiger partial charge in [0.15, 0.2) is 5.82 Å². The van der Waals surface area contributed by atoms with E-state index in [1.165, 1.54) is 0 Å². The summed E-state index contributed by atoms with van der Waals surface area (Å²) >= 11 is 4.96. The van der Waals surface area contributed by atoms with Gasteiger partial charge in [-0.1, -0.05) is 12.2 Å². The average Bonchev–Trinajstić information content (AvgIpc) is 2.45. The van der Waals surface area contributed by atoms with Crippen molar-refractivity contribution >= 4 is 23.0 Å². The van der Waals surface area contributed by atoms with Gasteiger partial charge in [-0.3, -0.25) is 0 Å². The third-order valence-electron chi connectivity index (χ3n) is 2.45. The first-order valence-electron chi connectivity index (χ1n) is 5.55. The van der Waals surface area contributed by atoms with E-state index in [-0.39, 0.29) is 4.99 Å². The SMILES string of the molecule is COc1cc(CNc2nnccc2C(N)=S)ccn1. The van der Waals surface area contributed by atoms with Crippen LogP contribution in [0.5, 0.6) is 5.88 Å². The number of anilines is 1. The molecule has 0 fully saturated rings. The molecule has 0 saturated carbocycles. The Hall–Kier alpha value is -2.28. The third kappa shape index (κ3) is 3.35. The molecule has 2 aromatic heterocycles. The van der Waals surface area contributed by atoms with E-state index in [4.69, 9.17) is 22.7 Å². The van der Waals surface area contributed by atoms with E-state index in [0.717, 1.165) is 5.56 Å². The molecule has 7 heteroatoms. The first-order valence-corrected chi connectivity index (χ1v) is 5.96. The minimum atomic E-state index is 0.282. The lowest BCUT2D eigenvalue weighted by atomic mass is 10.2. The Morgan fingerprint density at radius 1 is 1.42 bits per heavy atom. The molecule has 0 aliphatic carbocycles. The fourth-order valence-electron chi connectivity index (χ4n) is 1.52. The van der Waals surface area contributed by atoms with Crippen LogP contribution in [0, 0.1) is 0 Å². The van der Waals surface area contributed by atoms with Crippen LogP contribution in [0.4, 0.5) is 5.82 Å². The number of thiocarbonyl (C=S) groups is 1. The van der Waals surface area contributed by atoms with Crippen LogP contribution in [0.2, 0.25) is 0 Å². The van der Waals surface area contributed by atoms with E-state index in [9.17, 15) is 0 Å². The van der Waals surface area contributed by atoms with E-state index in [1.807, 2.05) is 12.1 Å². The van der Waals surface area contributed by atoms with Gasteiger partial charge >= 0.3 is 0 Å². The standard InChI is InChI=1S/C12H13N5OS/c1-18-10-6-8(2-4-14-10)7-15-12-9(11(13)19)3-5-16-17-12/h2-6H,7H2,1H3,(H2,13,19)(H,15,17). The second kappa shape index (κ2) is 6.05. The fraction of sp³-hybridized carbons (Fsp3) is 0.167. The highest BCUT2D eigenvalue weighted by Crippen LogP contribution is 2.13. The van der Waals surface area contributed by atoms with E-state index >= 15 is 0 Å². The Morgan fingerprint density at radius 2 is 2.26 bits per heavy atom. The molecule has 0 spiro atoms. The van der Waals surface area contributed by atoms with Crippen LogP contribution in [0.25, 0.3) is 0 Å². The maximum Gasteiger partial charge on any atom is 0.213 e. The molecule has 0 saturated heterocycles. The molecule has 98 valence electrons. The maximum atomic E-state index is 5.62. The number of ether oxygens (including phenoxy) is 1. The average molecular weight is 275 g/mol. The summed E-state index contributed by atoms with van der Waals surface area (Å²) < 4.78 is 5.06. The molecule has 0 aliphatic rings. The van der Waals surface area contributed by atoms with Gasteiger partial charge in [0.05, 0.1) is 18.9 Å². The summed E-state index contributed by atoms with van der Waals surface area (Å²) in [6.07, 6.45) is 3.23. The quantitative estimate of drug-likeness (QED) is 0.791. The topological polar surface area (TPSA) is 86.0 Å². The van der Waals surface area contributed by atoms with Crippen LogP contribution in [0.3, 0.4) is 0 Å². The van der Waals surface area contributed by atoms with Crippen LogP contribution in [-0.4, -0.2) is 27.3 Å². The van der Waals surface area contributed by atoms with Crippen LogP contribution in [-0.2, 0) is 6.54 Å². The third-order valence-corrected chi connectivity index (χ3v) is 2.67. The zero-order valence-electron chi connectivity index (χ0n) is 10.3. The smallest absolute Gasteiger partial charge is 0.213 e. The number of nitrogens with zero attached hydrogens (tertiary/aromatic N) is 3. The summed E-state index contributed by atoms with van der Waals surface area (Å²) in [5.74, 6) is 1.12. The highest BCUT2D eigenvalue weighted by atomic mass is 32.1. The van der Waals surface area contributed by atoms with Gasteiger partial charge < -0.3 is 15.8 Å². The van der Waals surface area contributed by atoms with Gasteiger partial charge in [0.1, 0.15) is 4.99 Å². The minimum absolute atomic E-state index is 0.282. The van der Waals surface area contributed by atoms with Gasteiger partial charge in [-0.15, -0.1) is 5.10 Å². The number of aromatic nitrogens is 3. The van der Waals surface area contributed by atoms with E-state index in [1.54, 1.807) is 25.6 Å². The first kappa shape index (κ1) is 13.2. The predicted molar refractivity (Wildman–Crippen MR) is 76.0 cm³/mol. The van der Waals surface area contributed by atoms with Gasteiger partial charge in [-0.2, -0.15) is 5.10 Å². The molecule has 6 nitrogen and oxygen atoms in total. The lowest BCUT2D eigenvalue weighted by molar-refractivity contribution is 0.397. The molecule has 0 aromatic carbocycles. The number of hydrogen-bond acceptors (Lipinski definition) is 6. The van der Waals surface area contributed by atoms with Crippen molar-refractivity contribution in [2.45, 2.75) is 6.54 Å². The van der Waals surface area contributed by atoms with Crippen molar-refractivity contribution < 1.29 is 4.74 Å². The van der Waals surface area contributed by atoms with Crippen molar-refractivity contribution in [2.75, 3.05) is 12.4 Å². The second-order valence-electron chi connectivity index (χ2n) is 3.72. The number of nitrogens with two attached hydrogens (primary N) is 1. The highest BCUT2D eigenvalue weighted by Gasteiger charge is 2.06. The van der Waals surface area contributed by atoms with Crippen LogP contribution in [0.15, 0.2) is 30.6 Å². The Kier molecular flexibility index (Phi) is 4.19. The molecule has 0 bridgehead atoms. The number of rotatable bonds is 5. The van der Waals surface area contributed by atoms with E-state index < -0.39 is 0 Å². The van der Waals surface area contributed by atoms with Crippen molar-refractivity contribution in [3.05, 3.63) is 41.7 Å². The fourth-order valence-corrected chi connectivity index (χ4v) is 1.68. The largest absolute Gasteiger partial charge is 0.481 e. The molecular weight excluding hydrogens is 262 g/mol. The van der Waals surface area contributed by atoms with Crippen LogP contribution < -0.4 is 15.8 Å². The van der Waals surface area contributed by atoms with Gasteiger partial charge in [0.25, 0.3) is 0 Å². The molecule has 0 aliphatic heterocycles. The molecule has 19 heavy (non-hydrogen) atoms. The molecule has 0 atom stereocenters. The lowest BCUT2D eigenvalue weighted by Crippen LogP contribution is -2.15. The minimum Gasteiger partial charge on any atom is -0.481 e. The molecule has 0 unspecified atom stereocenters. The van der Waals surface area contributed by atoms with Crippen LogP contribution >= 0.6 is 12.2 Å². The Bertz CT molecular complexity index is 590. The molecule has 2 aromatic rings. The molecule has 0 radical (unpaired) electrons. The van der Waals surface area contributed by atoms with Gasteiger partial charge in [-0.25, -0.2) is 4.98 Å². The summed E-state index contributed by atoms with van der Waals surface area (Å²) in [5, 5.41) is 10.9. The Labute approximate surface area is 116 Å². The van der Waals surface area contributed by atoms with Gasteiger partial charge in [0, 0.05) is 18.8 Å². The van der Waals surface area contributed by atoms with E-state index in [0.29, 0.717) is 23.8 Å². The van der Waals surface area contributed by atoms with Crippen molar-refractivity contribution in [1.82, 2.24) is 15.2 Å². The van der Waals surface area contributed by atoms with Crippen molar-refractivity contribution in [3.8, 4) is 5.88 Å². The maximum absolute atomic E-state index is 5.62. The highest BCUT2D eigenvalue weighted by molar-refractivity contribution is 7.80. The monoisotopic (exact) mass is 275 g/mol. The summed E-state index contributed by atoms with van der Waals surface area (Å²) in [6, 6.07) is 5.45. The van der Waals surface area contributed by atoms with Crippen LogP contribution in [0.1, 0.15) is 11.1 Å². The zero-order valence-corrected chi connectivity index (χ0v) is 11.1. The summed E-state index contributed by atoms with van der Waals surface area (Å²) in [5.41, 5.74) is 7.30. The molecular formula is C12H13N5OS. The summed E-state index contributed by atoms with van der Waals surface area (Å²) in [7, 11) is 1.58. The van der Waals surface area contributed by atoms with E-state index in [2.05, 4.69) is 20.5 Å². The number of nitrogens with one attached hydrogen (secondary N) is 1. The number of pyridine rings is 1. The Morgan fingerprint density at radius 3 is 3.00 bits per heavy atom. The zero-order chi connectivity index (χ0) is 13.7. The summed E-state index contributed by atoms with van der Waals surface area (Å²) in [4.78, 5) is 4.32. The Balaban J connectivity index is 2.12. The van der Waals surface area contributed by atoms with Gasteiger partial charge in [-0.05, 0) is 17.7 Å². The first-order chi connectivity index (χ1) is 9.20.